The maximum Gasteiger partial charge on any atom is 0.343 e. The highest BCUT2D eigenvalue weighted by molar-refractivity contribution is 6.34. The number of halogens is 1. The fourth-order valence-electron chi connectivity index (χ4n) is 4.50. The molecule has 212 valence electrons. The molecular weight excluding hydrogens is 554 g/mol. The third kappa shape index (κ3) is 5.99. The number of esters is 1. The number of carbonyl (C=O) groups excluding carboxylic acids is 2. The Labute approximate surface area is 247 Å². The number of ether oxygens (including phenoxy) is 3. The van der Waals surface area contributed by atoms with Crippen LogP contribution in [0.15, 0.2) is 90.0 Å². The number of para-hydroxylation sites is 1. The summed E-state index contributed by atoms with van der Waals surface area (Å²) in [5.74, 6) is 0.286. The van der Waals surface area contributed by atoms with Crippen molar-refractivity contribution in [1.29, 1.82) is 0 Å². The normalized spacial score (nSPS) is 11.0. The Bertz CT molecular complexity index is 1790. The van der Waals surface area contributed by atoms with E-state index in [1.54, 1.807) is 43.5 Å². The summed E-state index contributed by atoms with van der Waals surface area (Å²) in [7, 11) is 1.57. The summed E-state index contributed by atoms with van der Waals surface area (Å²) in [6.45, 7) is 4.14. The number of nitrogens with zero attached hydrogens (tertiary/aromatic N) is 1. The summed E-state index contributed by atoms with van der Waals surface area (Å²) in [6, 6.07) is 25.0. The van der Waals surface area contributed by atoms with E-state index in [1.807, 2.05) is 62.4 Å². The van der Waals surface area contributed by atoms with Gasteiger partial charge in [0.15, 0.2) is 11.5 Å². The lowest BCUT2D eigenvalue weighted by Crippen LogP contribution is -2.19. The predicted molar refractivity (Wildman–Crippen MR) is 164 cm³/mol. The topological polar surface area (TPSA) is 102 Å². The second-order valence-electron chi connectivity index (χ2n) is 9.33. The first kappa shape index (κ1) is 28.4. The van der Waals surface area contributed by atoms with E-state index in [1.165, 1.54) is 6.21 Å². The first-order valence-corrected chi connectivity index (χ1v) is 13.6. The average Bonchev–Trinajstić information content (AvgIpc) is 3.39. The van der Waals surface area contributed by atoms with Crippen LogP contribution < -0.4 is 19.6 Å². The van der Waals surface area contributed by atoms with Gasteiger partial charge in [0.1, 0.15) is 11.4 Å². The van der Waals surface area contributed by atoms with Crippen molar-refractivity contribution >= 4 is 40.6 Å². The largest absolute Gasteiger partial charge is 0.495 e. The monoisotopic (exact) mass is 581 g/mol. The zero-order valence-corrected chi connectivity index (χ0v) is 24.0. The van der Waals surface area contributed by atoms with Crippen LogP contribution in [0.2, 0.25) is 5.02 Å². The number of hydrogen-bond acceptors (Lipinski definition) is 6. The molecular formula is C33H28ClN3O5. The molecule has 0 aliphatic carbocycles. The minimum absolute atomic E-state index is 0.278. The van der Waals surface area contributed by atoms with Gasteiger partial charge in [0.25, 0.3) is 5.91 Å². The molecule has 4 aromatic carbocycles. The number of methoxy groups -OCH3 is 1. The van der Waals surface area contributed by atoms with Gasteiger partial charge in [-0.2, -0.15) is 5.10 Å². The highest BCUT2D eigenvalue weighted by Crippen LogP contribution is 2.39. The van der Waals surface area contributed by atoms with Crippen LogP contribution in [0.5, 0.6) is 17.2 Å². The van der Waals surface area contributed by atoms with Crippen molar-refractivity contribution in [3.05, 3.63) is 112 Å². The Morgan fingerprint density at radius 1 is 0.952 bits per heavy atom. The van der Waals surface area contributed by atoms with Gasteiger partial charge in [-0.25, -0.2) is 10.2 Å². The van der Waals surface area contributed by atoms with E-state index in [0.717, 1.165) is 10.9 Å². The molecule has 1 aromatic heterocycles. The van der Waals surface area contributed by atoms with Crippen molar-refractivity contribution in [2.45, 2.75) is 13.8 Å². The summed E-state index contributed by atoms with van der Waals surface area (Å²) in [5, 5.41) is 5.45. The van der Waals surface area contributed by atoms with Gasteiger partial charge in [-0.1, -0.05) is 59.6 Å². The van der Waals surface area contributed by atoms with Crippen LogP contribution in [0, 0.1) is 6.92 Å². The second-order valence-corrected chi connectivity index (χ2v) is 9.74. The highest BCUT2D eigenvalue weighted by atomic mass is 35.5. The van der Waals surface area contributed by atoms with Crippen molar-refractivity contribution in [2.75, 3.05) is 13.7 Å². The summed E-state index contributed by atoms with van der Waals surface area (Å²) in [5.41, 5.74) is 6.98. The highest BCUT2D eigenvalue weighted by Gasteiger charge is 2.22. The Morgan fingerprint density at radius 3 is 2.48 bits per heavy atom. The molecule has 0 fully saturated rings. The molecule has 0 atom stereocenters. The van der Waals surface area contributed by atoms with E-state index in [9.17, 15) is 9.59 Å². The molecule has 0 bridgehead atoms. The molecule has 2 N–H and O–H groups in total. The maximum absolute atomic E-state index is 13.4. The number of H-pyrrole nitrogens is 1. The summed E-state index contributed by atoms with van der Waals surface area (Å²) < 4.78 is 16.8. The van der Waals surface area contributed by atoms with Crippen LogP contribution in [-0.4, -0.2) is 36.8 Å². The van der Waals surface area contributed by atoms with Gasteiger partial charge in [-0.05, 0) is 61.9 Å². The molecule has 8 nitrogen and oxygen atoms in total. The molecule has 0 spiro atoms. The predicted octanol–water partition coefficient (Wildman–Crippen LogP) is 7.19. The second kappa shape index (κ2) is 12.6. The lowest BCUT2D eigenvalue weighted by atomic mass is 10.0. The number of amides is 1. The Morgan fingerprint density at radius 2 is 1.74 bits per heavy atom. The van der Waals surface area contributed by atoms with Gasteiger partial charge in [0.2, 0.25) is 0 Å². The summed E-state index contributed by atoms with van der Waals surface area (Å²) in [4.78, 5) is 29.2. The lowest BCUT2D eigenvalue weighted by Gasteiger charge is -2.11. The SMILES string of the molecule is CCOc1cc(C=NNC(=O)c2[nH]c3c(OC)cccc3c2-c2ccccc2Cl)ccc1OC(=O)c1ccc(C)cc1. The van der Waals surface area contributed by atoms with Crippen LogP contribution in [0.4, 0.5) is 0 Å². The van der Waals surface area contributed by atoms with Crippen molar-refractivity contribution in [1.82, 2.24) is 10.4 Å². The van der Waals surface area contributed by atoms with Gasteiger partial charge < -0.3 is 19.2 Å². The molecule has 0 saturated carbocycles. The van der Waals surface area contributed by atoms with Crippen LogP contribution in [-0.2, 0) is 0 Å². The Balaban J connectivity index is 1.39. The number of carbonyl (C=O) groups is 2. The van der Waals surface area contributed by atoms with Gasteiger partial charge in [-0.3, -0.25) is 4.79 Å². The molecule has 0 aliphatic rings. The summed E-state index contributed by atoms with van der Waals surface area (Å²) >= 11 is 6.53. The molecule has 5 rings (SSSR count). The standard InChI is InChI=1S/C33H28ClN3O5/c1-4-41-28-18-21(14-17-26(28)42-33(39)22-15-12-20(2)13-16-22)19-35-37-32(38)31-29(23-8-5-6-10-25(23)34)24-9-7-11-27(40-3)30(24)36-31/h5-19,36H,4H2,1-3H3,(H,37,38). The van der Waals surface area contributed by atoms with Crippen LogP contribution in [0.1, 0.15) is 38.9 Å². The Kier molecular flexibility index (Phi) is 8.55. The quantitative estimate of drug-likeness (QED) is 0.0830. The number of aryl methyl sites for hydroxylation is 1. The molecule has 0 saturated heterocycles. The average molecular weight is 582 g/mol. The molecule has 1 heterocycles. The summed E-state index contributed by atoms with van der Waals surface area (Å²) in [6.07, 6.45) is 1.48. The van der Waals surface area contributed by atoms with Crippen molar-refractivity contribution in [3.63, 3.8) is 0 Å². The minimum Gasteiger partial charge on any atom is -0.495 e. The number of fused-ring (bicyclic) bond motifs is 1. The molecule has 1 amide bonds. The van der Waals surface area contributed by atoms with Gasteiger partial charge >= 0.3 is 5.97 Å². The zero-order chi connectivity index (χ0) is 29.6. The number of nitrogens with one attached hydrogen (secondary N) is 2. The van der Waals surface area contributed by atoms with Crippen LogP contribution in [0.3, 0.4) is 0 Å². The van der Waals surface area contributed by atoms with E-state index in [-0.39, 0.29) is 11.4 Å². The molecule has 42 heavy (non-hydrogen) atoms. The first-order chi connectivity index (χ1) is 20.4. The fraction of sp³-hybridized carbons (Fsp3) is 0.121. The van der Waals surface area contributed by atoms with Crippen molar-refractivity contribution in [3.8, 4) is 28.4 Å². The van der Waals surface area contributed by atoms with E-state index in [0.29, 0.717) is 50.9 Å². The smallest absolute Gasteiger partial charge is 0.343 e. The zero-order valence-electron chi connectivity index (χ0n) is 23.2. The number of rotatable bonds is 9. The number of aromatic nitrogens is 1. The lowest BCUT2D eigenvalue weighted by molar-refractivity contribution is 0.0728. The van der Waals surface area contributed by atoms with E-state index < -0.39 is 11.9 Å². The fourth-order valence-corrected chi connectivity index (χ4v) is 4.73. The minimum atomic E-state index is -0.492. The van der Waals surface area contributed by atoms with Crippen molar-refractivity contribution in [2.24, 2.45) is 5.10 Å². The first-order valence-electron chi connectivity index (χ1n) is 13.2. The van der Waals surface area contributed by atoms with E-state index >= 15 is 0 Å². The Hall–Kier alpha value is -5.08. The van der Waals surface area contributed by atoms with Gasteiger partial charge in [0.05, 0.1) is 31.0 Å². The van der Waals surface area contributed by atoms with Crippen molar-refractivity contribution < 1.29 is 23.8 Å². The molecule has 0 aliphatic heterocycles. The molecule has 9 heteroatoms. The third-order valence-electron chi connectivity index (χ3n) is 6.52. The van der Waals surface area contributed by atoms with E-state index in [4.69, 9.17) is 25.8 Å². The van der Waals surface area contributed by atoms with Crippen LogP contribution in [0.25, 0.3) is 22.0 Å². The number of aromatic amines is 1. The van der Waals surface area contributed by atoms with E-state index in [2.05, 4.69) is 15.5 Å². The van der Waals surface area contributed by atoms with Gasteiger partial charge in [0, 0.05) is 21.5 Å². The van der Waals surface area contributed by atoms with Crippen LogP contribution >= 0.6 is 11.6 Å². The molecule has 0 unspecified atom stereocenters. The van der Waals surface area contributed by atoms with Gasteiger partial charge in [-0.15, -0.1) is 0 Å². The number of hydrazone groups is 1. The maximum atomic E-state index is 13.4. The molecule has 0 radical (unpaired) electrons. The molecule has 5 aromatic rings. The third-order valence-corrected chi connectivity index (χ3v) is 6.85. The number of benzene rings is 4. The number of hydrogen-bond donors (Lipinski definition) is 2.